The van der Waals surface area contributed by atoms with E-state index in [4.69, 9.17) is 0 Å². The summed E-state index contributed by atoms with van der Waals surface area (Å²) in [5.41, 5.74) is -0.262. The van der Waals surface area contributed by atoms with E-state index in [1.807, 2.05) is 0 Å². The van der Waals surface area contributed by atoms with E-state index in [9.17, 15) is 9.90 Å². The maximum atomic E-state index is 11.4. The lowest BCUT2D eigenvalue weighted by atomic mass is 10.3. The highest BCUT2D eigenvalue weighted by Crippen LogP contribution is 2.33. The molecule has 1 amide bonds. The standard InChI is InChI=1S/C10H12N2O2/c13-9(8-3-1-2-6-11-8)12-7-10(14)4-5-10/h1-3,6,14H,4-5,7H2,(H,12,13). The average Bonchev–Trinajstić information content (AvgIpc) is 2.95. The number of amides is 1. The molecule has 14 heavy (non-hydrogen) atoms. The Balaban J connectivity index is 1.90. The Morgan fingerprint density at radius 3 is 2.93 bits per heavy atom. The van der Waals surface area contributed by atoms with Crippen LogP contribution in [0, 0.1) is 0 Å². The number of carbonyl (C=O) groups is 1. The van der Waals surface area contributed by atoms with Crippen LogP contribution in [-0.2, 0) is 0 Å². The summed E-state index contributed by atoms with van der Waals surface area (Å²) in [7, 11) is 0. The third-order valence-corrected chi connectivity index (χ3v) is 2.30. The normalized spacial score (nSPS) is 17.5. The number of aliphatic hydroxyl groups is 1. The van der Waals surface area contributed by atoms with Crippen molar-refractivity contribution >= 4 is 5.91 Å². The zero-order chi connectivity index (χ0) is 10.0. The van der Waals surface area contributed by atoms with Gasteiger partial charge in [0, 0.05) is 12.7 Å². The molecule has 1 aliphatic carbocycles. The lowest BCUT2D eigenvalue weighted by Crippen LogP contribution is -2.33. The fourth-order valence-corrected chi connectivity index (χ4v) is 1.15. The largest absolute Gasteiger partial charge is 0.388 e. The molecule has 1 heterocycles. The minimum atomic E-state index is -0.648. The first-order chi connectivity index (χ1) is 6.70. The van der Waals surface area contributed by atoms with E-state index in [0.717, 1.165) is 12.8 Å². The number of carbonyl (C=O) groups excluding carboxylic acids is 1. The monoisotopic (exact) mass is 192 g/mol. The number of hydrogen-bond donors (Lipinski definition) is 2. The molecule has 1 aromatic rings. The summed E-state index contributed by atoms with van der Waals surface area (Å²) in [5.74, 6) is -0.231. The van der Waals surface area contributed by atoms with Gasteiger partial charge in [-0.2, -0.15) is 0 Å². The zero-order valence-corrected chi connectivity index (χ0v) is 7.73. The quantitative estimate of drug-likeness (QED) is 0.725. The molecule has 2 N–H and O–H groups in total. The van der Waals surface area contributed by atoms with Gasteiger partial charge >= 0.3 is 0 Å². The molecular formula is C10H12N2O2. The second-order valence-corrected chi connectivity index (χ2v) is 3.62. The SMILES string of the molecule is O=C(NCC1(O)CC1)c1ccccn1. The number of nitrogens with zero attached hydrogens (tertiary/aromatic N) is 1. The van der Waals surface area contributed by atoms with Gasteiger partial charge in [-0.15, -0.1) is 0 Å². The number of aromatic nitrogens is 1. The minimum Gasteiger partial charge on any atom is -0.388 e. The van der Waals surface area contributed by atoms with E-state index in [-0.39, 0.29) is 5.91 Å². The molecule has 0 spiro atoms. The number of hydrogen-bond acceptors (Lipinski definition) is 3. The Morgan fingerprint density at radius 1 is 1.57 bits per heavy atom. The van der Waals surface area contributed by atoms with Gasteiger partial charge in [-0.3, -0.25) is 9.78 Å². The second kappa shape index (κ2) is 3.38. The maximum absolute atomic E-state index is 11.4. The number of pyridine rings is 1. The third-order valence-electron chi connectivity index (χ3n) is 2.30. The van der Waals surface area contributed by atoms with Gasteiger partial charge < -0.3 is 10.4 Å². The summed E-state index contributed by atoms with van der Waals surface area (Å²) >= 11 is 0. The van der Waals surface area contributed by atoms with Gasteiger partial charge in [-0.05, 0) is 25.0 Å². The van der Waals surface area contributed by atoms with Crippen molar-refractivity contribution in [3.05, 3.63) is 30.1 Å². The van der Waals surface area contributed by atoms with Gasteiger partial charge in [0.2, 0.25) is 0 Å². The Hall–Kier alpha value is -1.42. The van der Waals surface area contributed by atoms with E-state index < -0.39 is 5.60 Å². The first-order valence-electron chi connectivity index (χ1n) is 4.61. The van der Waals surface area contributed by atoms with Crippen LogP contribution in [0.1, 0.15) is 23.3 Å². The van der Waals surface area contributed by atoms with E-state index in [2.05, 4.69) is 10.3 Å². The molecular weight excluding hydrogens is 180 g/mol. The fourth-order valence-electron chi connectivity index (χ4n) is 1.15. The molecule has 1 saturated carbocycles. The summed E-state index contributed by atoms with van der Waals surface area (Å²) in [5, 5.41) is 12.1. The Kier molecular flexibility index (Phi) is 2.21. The van der Waals surface area contributed by atoms with Crippen LogP contribution in [0.15, 0.2) is 24.4 Å². The topological polar surface area (TPSA) is 62.2 Å². The summed E-state index contributed by atoms with van der Waals surface area (Å²) < 4.78 is 0. The lowest BCUT2D eigenvalue weighted by molar-refractivity contribution is 0.0891. The van der Waals surface area contributed by atoms with E-state index in [1.165, 1.54) is 0 Å². The maximum Gasteiger partial charge on any atom is 0.269 e. The highest BCUT2D eigenvalue weighted by molar-refractivity contribution is 5.92. The lowest BCUT2D eigenvalue weighted by Gasteiger charge is -2.08. The summed E-state index contributed by atoms with van der Waals surface area (Å²) in [6, 6.07) is 5.16. The Labute approximate surface area is 82.0 Å². The van der Waals surface area contributed by atoms with Gasteiger partial charge in [-0.25, -0.2) is 0 Å². The summed E-state index contributed by atoms with van der Waals surface area (Å²) in [4.78, 5) is 15.3. The molecule has 0 unspecified atom stereocenters. The van der Waals surface area contributed by atoms with Crippen LogP contribution in [-0.4, -0.2) is 28.1 Å². The Bertz CT molecular complexity index is 333. The smallest absolute Gasteiger partial charge is 0.269 e. The molecule has 0 radical (unpaired) electrons. The third kappa shape index (κ3) is 2.09. The van der Waals surface area contributed by atoms with Crippen molar-refractivity contribution in [2.75, 3.05) is 6.54 Å². The van der Waals surface area contributed by atoms with Crippen molar-refractivity contribution in [3.63, 3.8) is 0 Å². The first kappa shape index (κ1) is 9.15. The molecule has 4 heteroatoms. The van der Waals surface area contributed by atoms with Crippen LogP contribution in [0.2, 0.25) is 0 Å². The van der Waals surface area contributed by atoms with Crippen molar-refractivity contribution in [2.45, 2.75) is 18.4 Å². The van der Waals surface area contributed by atoms with Crippen molar-refractivity contribution in [1.29, 1.82) is 0 Å². The van der Waals surface area contributed by atoms with Gasteiger partial charge in [0.25, 0.3) is 5.91 Å². The summed E-state index contributed by atoms with van der Waals surface area (Å²) in [6.45, 7) is 0.322. The van der Waals surface area contributed by atoms with Crippen molar-refractivity contribution in [1.82, 2.24) is 10.3 Å². The van der Waals surface area contributed by atoms with Crippen LogP contribution in [0.25, 0.3) is 0 Å². The van der Waals surface area contributed by atoms with Gasteiger partial charge in [0.15, 0.2) is 0 Å². The van der Waals surface area contributed by atoms with Crippen LogP contribution in [0.5, 0.6) is 0 Å². The highest BCUT2D eigenvalue weighted by atomic mass is 16.3. The van der Waals surface area contributed by atoms with E-state index in [0.29, 0.717) is 12.2 Å². The molecule has 0 aliphatic heterocycles. The van der Waals surface area contributed by atoms with Crippen LogP contribution < -0.4 is 5.32 Å². The predicted molar refractivity (Wildman–Crippen MR) is 50.8 cm³/mol. The van der Waals surface area contributed by atoms with Gasteiger partial charge in [0.1, 0.15) is 5.69 Å². The average molecular weight is 192 g/mol. The molecule has 0 saturated heterocycles. The van der Waals surface area contributed by atoms with Crippen molar-refractivity contribution in [3.8, 4) is 0 Å². The molecule has 74 valence electrons. The second-order valence-electron chi connectivity index (χ2n) is 3.62. The molecule has 1 fully saturated rings. The van der Waals surface area contributed by atoms with Crippen LogP contribution in [0.3, 0.4) is 0 Å². The molecule has 0 atom stereocenters. The summed E-state index contributed by atoms with van der Waals surface area (Å²) in [6.07, 6.45) is 3.12. The zero-order valence-electron chi connectivity index (χ0n) is 7.73. The molecule has 0 aromatic carbocycles. The highest BCUT2D eigenvalue weighted by Gasteiger charge is 2.40. The first-order valence-corrected chi connectivity index (χ1v) is 4.61. The Morgan fingerprint density at radius 2 is 2.36 bits per heavy atom. The molecule has 4 nitrogen and oxygen atoms in total. The van der Waals surface area contributed by atoms with Crippen molar-refractivity contribution < 1.29 is 9.90 Å². The predicted octanol–water partition coefficient (Wildman–Crippen LogP) is 0.336. The van der Waals surface area contributed by atoms with Gasteiger partial charge in [0.05, 0.1) is 5.60 Å². The minimum absolute atomic E-state index is 0.231. The van der Waals surface area contributed by atoms with Crippen LogP contribution in [0.4, 0.5) is 0 Å². The number of nitrogens with one attached hydrogen (secondary N) is 1. The molecule has 1 aliphatic rings. The van der Waals surface area contributed by atoms with Gasteiger partial charge in [-0.1, -0.05) is 6.07 Å². The number of rotatable bonds is 3. The fraction of sp³-hybridized carbons (Fsp3) is 0.400. The van der Waals surface area contributed by atoms with Crippen molar-refractivity contribution in [2.24, 2.45) is 0 Å². The molecule has 2 rings (SSSR count). The molecule has 0 bridgehead atoms. The molecule has 1 aromatic heterocycles. The van der Waals surface area contributed by atoms with E-state index in [1.54, 1.807) is 24.4 Å². The van der Waals surface area contributed by atoms with Crippen LogP contribution >= 0.6 is 0 Å². The van der Waals surface area contributed by atoms with E-state index >= 15 is 0 Å².